The topological polar surface area (TPSA) is 116 Å². The lowest BCUT2D eigenvalue weighted by Crippen LogP contribution is -2.30. The Morgan fingerprint density at radius 2 is 2.05 bits per heavy atom. The van der Waals surface area contributed by atoms with Crippen LogP contribution in [0.5, 0.6) is 0 Å². The molecular weight excluding hydrogens is 278 g/mol. The lowest BCUT2D eigenvalue weighted by Gasteiger charge is -2.18. The molecule has 2 atom stereocenters. The van der Waals surface area contributed by atoms with Crippen molar-refractivity contribution in [2.45, 2.75) is 19.1 Å². The number of carbonyl (C=O) groups is 1. The van der Waals surface area contributed by atoms with Crippen LogP contribution in [0.4, 0.5) is 11.4 Å². The average Bonchev–Trinajstić information content (AvgIpc) is 2.78. The van der Waals surface area contributed by atoms with Crippen molar-refractivity contribution in [2.24, 2.45) is 0 Å². The molecule has 0 radical (unpaired) electrons. The summed E-state index contributed by atoms with van der Waals surface area (Å²) in [5, 5.41) is 32.8. The van der Waals surface area contributed by atoms with Gasteiger partial charge in [0.25, 0.3) is 11.6 Å². The highest BCUT2D eigenvalue weighted by molar-refractivity contribution is 6.00. The number of β-amino-alcohol motifs (C(OH)–C–C–N with tert-alkyl or cyclic N) is 2. The number of hydrogen-bond donors (Lipinski definition) is 3. The molecular formula is C13H17N3O5. The van der Waals surface area contributed by atoms with E-state index in [1.807, 2.05) is 6.92 Å². The van der Waals surface area contributed by atoms with Crippen molar-refractivity contribution in [1.29, 1.82) is 0 Å². The molecule has 2 unspecified atom stereocenters. The van der Waals surface area contributed by atoms with Crippen LogP contribution in [0.1, 0.15) is 17.3 Å². The molecule has 1 saturated heterocycles. The third-order valence-corrected chi connectivity index (χ3v) is 3.36. The highest BCUT2D eigenvalue weighted by Gasteiger charge is 2.34. The number of aliphatic hydroxyl groups excluding tert-OH is 2. The number of benzene rings is 1. The van der Waals surface area contributed by atoms with Crippen molar-refractivity contribution in [2.75, 3.05) is 25.0 Å². The van der Waals surface area contributed by atoms with E-state index in [0.717, 1.165) is 0 Å². The fraction of sp³-hybridized carbons (Fsp3) is 0.462. The zero-order valence-corrected chi connectivity index (χ0v) is 11.5. The van der Waals surface area contributed by atoms with Gasteiger partial charge in [-0.25, -0.2) is 0 Å². The van der Waals surface area contributed by atoms with Crippen molar-refractivity contribution in [3.63, 3.8) is 0 Å². The van der Waals surface area contributed by atoms with E-state index in [2.05, 4.69) is 5.32 Å². The van der Waals surface area contributed by atoms with Gasteiger partial charge in [0.15, 0.2) is 0 Å². The van der Waals surface area contributed by atoms with E-state index in [0.29, 0.717) is 12.2 Å². The first kappa shape index (κ1) is 15.2. The monoisotopic (exact) mass is 295 g/mol. The molecule has 1 aromatic carbocycles. The maximum absolute atomic E-state index is 12.4. The molecule has 1 aromatic rings. The zero-order chi connectivity index (χ0) is 15.6. The van der Waals surface area contributed by atoms with Crippen molar-refractivity contribution in [3.05, 3.63) is 33.9 Å². The highest BCUT2D eigenvalue weighted by Crippen LogP contribution is 2.25. The van der Waals surface area contributed by atoms with E-state index in [4.69, 9.17) is 0 Å². The van der Waals surface area contributed by atoms with Gasteiger partial charge >= 0.3 is 0 Å². The second-order valence-electron chi connectivity index (χ2n) is 4.86. The minimum Gasteiger partial charge on any atom is -0.388 e. The third kappa shape index (κ3) is 3.11. The number of anilines is 1. The minimum atomic E-state index is -0.991. The predicted molar refractivity (Wildman–Crippen MR) is 75.2 cm³/mol. The normalized spacial score (nSPS) is 21.4. The van der Waals surface area contributed by atoms with Crippen LogP contribution < -0.4 is 5.32 Å². The van der Waals surface area contributed by atoms with Crippen LogP contribution in [0, 0.1) is 10.1 Å². The molecule has 1 aliphatic rings. The van der Waals surface area contributed by atoms with Gasteiger partial charge in [-0.15, -0.1) is 0 Å². The molecule has 1 heterocycles. The van der Waals surface area contributed by atoms with Crippen molar-refractivity contribution in [3.8, 4) is 0 Å². The van der Waals surface area contributed by atoms with Gasteiger partial charge in [-0.1, -0.05) is 0 Å². The number of aliphatic hydroxyl groups is 2. The molecule has 1 fully saturated rings. The summed E-state index contributed by atoms with van der Waals surface area (Å²) < 4.78 is 0. The van der Waals surface area contributed by atoms with Gasteiger partial charge in [-0.3, -0.25) is 14.9 Å². The Kier molecular flexibility index (Phi) is 4.39. The molecule has 8 heteroatoms. The van der Waals surface area contributed by atoms with Crippen LogP contribution in [-0.4, -0.2) is 57.8 Å². The molecule has 1 aliphatic heterocycles. The van der Waals surface area contributed by atoms with E-state index in [-0.39, 0.29) is 24.3 Å². The Hall–Kier alpha value is -2.19. The van der Waals surface area contributed by atoms with Crippen LogP contribution in [-0.2, 0) is 0 Å². The fourth-order valence-corrected chi connectivity index (χ4v) is 2.27. The summed E-state index contributed by atoms with van der Waals surface area (Å²) in [6.07, 6.45) is -1.98. The SMILES string of the molecule is CCNc1ccc([N+](=O)[O-])cc1C(=O)N1CC(O)C(O)C1. The van der Waals surface area contributed by atoms with E-state index in [1.54, 1.807) is 0 Å². The molecule has 0 spiro atoms. The fourth-order valence-electron chi connectivity index (χ4n) is 2.27. The van der Waals surface area contributed by atoms with Crippen molar-refractivity contribution >= 4 is 17.3 Å². The number of likely N-dealkylation sites (tertiary alicyclic amines) is 1. The van der Waals surface area contributed by atoms with Crippen LogP contribution in [0.3, 0.4) is 0 Å². The quantitative estimate of drug-likeness (QED) is 0.540. The number of amides is 1. The summed E-state index contributed by atoms with van der Waals surface area (Å²) in [6.45, 7) is 2.42. The Bertz CT molecular complexity index is 553. The van der Waals surface area contributed by atoms with Crippen LogP contribution in [0.25, 0.3) is 0 Å². The first-order valence-corrected chi connectivity index (χ1v) is 6.61. The van der Waals surface area contributed by atoms with E-state index in [1.165, 1.54) is 23.1 Å². The van der Waals surface area contributed by atoms with Gasteiger partial charge in [0.05, 0.1) is 22.7 Å². The number of hydrogen-bond acceptors (Lipinski definition) is 6. The molecule has 8 nitrogen and oxygen atoms in total. The van der Waals surface area contributed by atoms with E-state index < -0.39 is 23.0 Å². The van der Waals surface area contributed by atoms with E-state index in [9.17, 15) is 25.1 Å². The second-order valence-corrected chi connectivity index (χ2v) is 4.86. The summed E-state index contributed by atoms with van der Waals surface area (Å²) in [6, 6.07) is 4.01. The van der Waals surface area contributed by atoms with E-state index >= 15 is 0 Å². The van der Waals surface area contributed by atoms with Gasteiger partial charge in [0.2, 0.25) is 0 Å². The number of non-ortho nitro benzene ring substituents is 1. The zero-order valence-electron chi connectivity index (χ0n) is 11.5. The molecule has 0 aliphatic carbocycles. The Morgan fingerprint density at radius 3 is 2.57 bits per heavy atom. The summed E-state index contributed by atoms with van der Waals surface area (Å²) >= 11 is 0. The molecule has 3 N–H and O–H groups in total. The standard InChI is InChI=1S/C13H17N3O5/c1-2-14-10-4-3-8(16(20)21)5-9(10)13(19)15-6-11(17)12(18)7-15/h3-5,11-12,14,17-18H,2,6-7H2,1H3. The molecule has 21 heavy (non-hydrogen) atoms. The predicted octanol–water partition coefficient (Wildman–Crippen LogP) is 0.204. The number of nitro groups is 1. The molecule has 0 aromatic heterocycles. The first-order valence-electron chi connectivity index (χ1n) is 6.61. The van der Waals surface area contributed by atoms with Gasteiger partial charge in [-0.2, -0.15) is 0 Å². The first-order chi connectivity index (χ1) is 9.93. The van der Waals surface area contributed by atoms with Crippen LogP contribution in [0.15, 0.2) is 18.2 Å². The molecule has 0 bridgehead atoms. The smallest absolute Gasteiger partial charge is 0.270 e. The molecule has 0 saturated carbocycles. The maximum atomic E-state index is 12.4. The maximum Gasteiger partial charge on any atom is 0.270 e. The van der Waals surface area contributed by atoms with Gasteiger partial charge in [-0.05, 0) is 13.0 Å². The second kappa shape index (κ2) is 6.06. The largest absolute Gasteiger partial charge is 0.388 e. The summed E-state index contributed by atoms with van der Waals surface area (Å²) in [5.41, 5.74) is 0.469. The lowest BCUT2D eigenvalue weighted by molar-refractivity contribution is -0.384. The summed E-state index contributed by atoms with van der Waals surface area (Å²) in [4.78, 5) is 24.0. The Morgan fingerprint density at radius 1 is 1.43 bits per heavy atom. The number of nitrogens with one attached hydrogen (secondary N) is 1. The summed E-state index contributed by atoms with van der Waals surface area (Å²) in [7, 11) is 0. The lowest BCUT2D eigenvalue weighted by atomic mass is 10.1. The van der Waals surface area contributed by atoms with Crippen molar-refractivity contribution < 1.29 is 19.9 Å². The number of nitro benzene ring substituents is 1. The Labute approximate surface area is 121 Å². The highest BCUT2D eigenvalue weighted by atomic mass is 16.6. The summed E-state index contributed by atoms with van der Waals surface area (Å²) in [5.74, 6) is -0.453. The average molecular weight is 295 g/mol. The minimum absolute atomic E-state index is 0.00819. The number of nitrogens with zero attached hydrogens (tertiary/aromatic N) is 2. The number of carbonyl (C=O) groups excluding carboxylic acids is 1. The number of rotatable bonds is 4. The Balaban J connectivity index is 2.33. The van der Waals surface area contributed by atoms with Gasteiger partial charge in [0, 0.05) is 37.5 Å². The van der Waals surface area contributed by atoms with Gasteiger partial charge < -0.3 is 20.4 Å². The van der Waals surface area contributed by atoms with Crippen LogP contribution in [0.2, 0.25) is 0 Å². The molecule has 1 amide bonds. The van der Waals surface area contributed by atoms with Crippen molar-refractivity contribution in [1.82, 2.24) is 4.90 Å². The van der Waals surface area contributed by atoms with Gasteiger partial charge in [0.1, 0.15) is 0 Å². The van der Waals surface area contributed by atoms with Crippen LogP contribution >= 0.6 is 0 Å². The molecule has 2 rings (SSSR count). The molecule has 114 valence electrons. The third-order valence-electron chi connectivity index (χ3n) is 3.36.